The number of hydrogen-bond acceptors (Lipinski definition) is 3. The molecule has 2 heterocycles. The zero-order chi connectivity index (χ0) is 49.0. The first-order chi connectivity index (χ1) is 32.6. The van der Waals surface area contributed by atoms with E-state index >= 15 is 0 Å². The Labute approximate surface area is 410 Å². The summed E-state index contributed by atoms with van der Waals surface area (Å²) in [6, 6.07) is 59.1. The second-order valence-corrected chi connectivity index (χ2v) is 23.0. The van der Waals surface area contributed by atoms with Crippen LogP contribution in [0.4, 0.5) is 0 Å². The second-order valence-electron chi connectivity index (χ2n) is 23.0. The van der Waals surface area contributed by atoms with Gasteiger partial charge < -0.3 is 9.67 Å². The smallest absolute Gasteiger partial charge is 0.145 e. The van der Waals surface area contributed by atoms with Gasteiger partial charge in [0.1, 0.15) is 11.6 Å². The van der Waals surface area contributed by atoms with Crippen molar-refractivity contribution >= 4 is 11.0 Å². The summed E-state index contributed by atoms with van der Waals surface area (Å²) in [5.41, 5.74) is 18.8. The van der Waals surface area contributed by atoms with E-state index in [9.17, 15) is 5.11 Å². The van der Waals surface area contributed by atoms with Gasteiger partial charge in [0.05, 0.1) is 28.8 Å². The van der Waals surface area contributed by atoms with E-state index in [1.165, 1.54) is 38.9 Å². The standard InChI is InChI=1S/C65H67N3O/c1-62(2,3)50-31-30-47(54(38-50)45-22-17-14-18-23-45)41-68-58-25-19-24-53(59(58)67-61(68)55-39-52(64(7,8)9)40-56(60(55)69)65(10,11)12)48-34-49(36-51(35-48)63(4,5)6)57-37-46(32-33-66-57)44-28-26-43(27-29-44)42-20-15-13-16-21-42/h13-40,69H,41H2,1-12H3. The van der Waals surface area contributed by atoms with Gasteiger partial charge in [-0.25, -0.2) is 4.98 Å². The van der Waals surface area contributed by atoms with Gasteiger partial charge in [-0.1, -0.05) is 210 Å². The summed E-state index contributed by atoms with van der Waals surface area (Å²) >= 11 is 0. The highest BCUT2D eigenvalue weighted by Crippen LogP contribution is 2.45. The number of rotatable bonds is 8. The van der Waals surface area contributed by atoms with Gasteiger partial charge in [-0.05, 0) is 119 Å². The molecule has 0 aliphatic heterocycles. The van der Waals surface area contributed by atoms with Crippen molar-refractivity contribution < 1.29 is 5.11 Å². The van der Waals surface area contributed by atoms with E-state index in [0.717, 1.165) is 67.1 Å². The van der Waals surface area contributed by atoms with Crippen molar-refractivity contribution in [1.82, 2.24) is 14.5 Å². The number of pyridine rings is 1. The van der Waals surface area contributed by atoms with Gasteiger partial charge in [-0.2, -0.15) is 0 Å². The molecule has 0 aliphatic rings. The van der Waals surface area contributed by atoms with E-state index in [0.29, 0.717) is 6.54 Å². The van der Waals surface area contributed by atoms with Crippen LogP contribution < -0.4 is 0 Å². The van der Waals surface area contributed by atoms with Crippen molar-refractivity contribution in [2.75, 3.05) is 0 Å². The molecule has 9 aromatic rings. The predicted molar refractivity (Wildman–Crippen MR) is 292 cm³/mol. The fourth-order valence-electron chi connectivity index (χ4n) is 9.41. The lowest BCUT2D eigenvalue weighted by atomic mass is 9.79. The summed E-state index contributed by atoms with van der Waals surface area (Å²) in [5, 5.41) is 12.5. The van der Waals surface area contributed by atoms with Crippen molar-refractivity contribution in [3.05, 3.63) is 198 Å². The molecular weight excluding hydrogens is 839 g/mol. The van der Waals surface area contributed by atoms with Gasteiger partial charge in [0, 0.05) is 22.9 Å². The molecule has 0 amide bonds. The van der Waals surface area contributed by atoms with Gasteiger partial charge in [-0.3, -0.25) is 4.98 Å². The lowest BCUT2D eigenvalue weighted by Crippen LogP contribution is -2.17. The molecule has 0 atom stereocenters. The molecule has 9 rings (SSSR count). The number of imidazole rings is 1. The average molecular weight is 906 g/mol. The minimum absolute atomic E-state index is 0.0300. The van der Waals surface area contributed by atoms with Gasteiger partial charge in [0.25, 0.3) is 0 Å². The van der Waals surface area contributed by atoms with Gasteiger partial charge in [-0.15, -0.1) is 0 Å². The molecule has 0 unspecified atom stereocenters. The van der Waals surface area contributed by atoms with E-state index in [1.807, 2.05) is 6.20 Å². The Bertz CT molecular complexity index is 3310. The monoisotopic (exact) mass is 906 g/mol. The number of aromatic nitrogens is 3. The van der Waals surface area contributed by atoms with Crippen LogP contribution in [-0.4, -0.2) is 19.6 Å². The predicted octanol–water partition coefficient (Wildman–Crippen LogP) is 17.4. The van der Waals surface area contributed by atoms with E-state index < -0.39 is 0 Å². The summed E-state index contributed by atoms with van der Waals surface area (Å²) < 4.78 is 2.34. The number of hydrogen-bond donors (Lipinski definition) is 1. The summed E-state index contributed by atoms with van der Waals surface area (Å²) in [5.74, 6) is 1.02. The normalized spacial score (nSPS) is 12.5. The van der Waals surface area contributed by atoms with Crippen molar-refractivity contribution in [3.63, 3.8) is 0 Å². The first kappa shape index (κ1) is 47.0. The Balaban J connectivity index is 1.25. The molecule has 69 heavy (non-hydrogen) atoms. The van der Waals surface area contributed by atoms with Gasteiger partial charge >= 0.3 is 0 Å². The van der Waals surface area contributed by atoms with Crippen LogP contribution in [0.15, 0.2) is 170 Å². The third-order valence-electron chi connectivity index (χ3n) is 13.7. The Morgan fingerprint density at radius 3 is 1.61 bits per heavy atom. The number of benzene rings is 7. The highest BCUT2D eigenvalue weighted by atomic mass is 16.3. The number of fused-ring (bicyclic) bond motifs is 1. The molecule has 0 fully saturated rings. The first-order valence-corrected chi connectivity index (χ1v) is 24.5. The molecule has 0 saturated heterocycles. The SMILES string of the molecule is CC(C)(C)c1cc(-c2cc(-c3ccc(-c4ccccc4)cc3)ccn2)cc(-c2cccc3c2nc(-c2cc(C(C)(C)C)cc(C(C)(C)C)c2O)n3Cc2ccc(C(C)(C)C)cc2-c2ccccc2)c1. The third kappa shape index (κ3) is 9.68. The Morgan fingerprint density at radius 2 is 0.986 bits per heavy atom. The van der Waals surface area contributed by atoms with E-state index in [2.05, 4.69) is 251 Å². The number of nitrogens with zero attached hydrogens (tertiary/aromatic N) is 3. The minimum atomic E-state index is -0.313. The van der Waals surface area contributed by atoms with Crippen molar-refractivity contribution in [2.24, 2.45) is 0 Å². The number of aromatic hydroxyl groups is 1. The second kappa shape index (κ2) is 17.8. The lowest BCUT2D eigenvalue weighted by Gasteiger charge is -2.27. The molecule has 348 valence electrons. The topological polar surface area (TPSA) is 50.9 Å². The zero-order valence-corrected chi connectivity index (χ0v) is 42.7. The number of para-hydroxylation sites is 1. The van der Waals surface area contributed by atoms with Gasteiger partial charge in [0.2, 0.25) is 0 Å². The van der Waals surface area contributed by atoms with Crippen molar-refractivity contribution in [1.29, 1.82) is 0 Å². The molecule has 0 aliphatic carbocycles. The number of phenols is 1. The maximum Gasteiger partial charge on any atom is 0.145 e. The Kier molecular flexibility index (Phi) is 12.1. The fourth-order valence-corrected chi connectivity index (χ4v) is 9.41. The maximum absolute atomic E-state index is 12.5. The van der Waals surface area contributed by atoms with Crippen LogP contribution >= 0.6 is 0 Å². The highest BCUT2D eigenvalue weighted by Gasteiger charge is 2.29. The van der Waals surface area contributed by atoms with E-state index in [1.54, 1.807) is 0 Å². The number of phenolic OH excluding ortho intramolecular Hbond substituents is 1. The molecule has 0 bridgehead atoms. The van der Waals surface area contributed by atoms with Crippen LogP contribution in [0.3, 0.4) is 0 Å². The summed E-state index contributed by atoms with van der Waals surface area (Å²) in [6.07, 6.45) is 1.93. The largest absolute Gasteiger partial charge is 0.507 e. The lowest BCUT2D eigenvalue weighted by molar-refractivity contribution is 0.446. The zero-order valence-electron chi connectivity index (χ0n) is 42.7. The molecule has 0 radical (unpaired) electrons. The minimum Gasteiger partial charge on any atom is -0.507 e. The maximum atomic E-state index is 12.5. The van der Waals surface area contributed by atoms with Crippen LogP contribution in [0.2, 0.25) is 0 Å². The summed E-state index contributed by atoms with van der Waals surface area (Å²) in [6.45, 7) is 27.4. The van der Waals surface area contributed by atoms with Crippen molar-refractivity contribution in [3.8, 4) is 72.9 Å². The molecular formula is C65H67N3O. The van der Waals surface area contributed by atoms with Crippen LogP contribution in [0.1, 0.15) is 111 Å². The molecule has 0 saturated carbocycles. The summed E-state index contributed by atoms with van der Waals surface area (Å²) in [7, 11) is 0. The van der Waals surface area contributed by atoms with Crippen molar-refractivity contribution in [2.45, 2.75) is 111 Å². The first-order valence-electron chi connectivity index (χ1n) is 24.5. The van der Waals surface area contributed by atoms with E-state index in [4.69, 9.17) is 9.97 Å². The van der Waals surface area contributed by atoms with E-state index in [-0.39, 0.29) is 27.4 Å². The van der Waals surface area contributed by atoms with Gasteiger partial charge in [0.15, 0.2) is 0 Å². The quantitative estimate of drug-likeness (QED) is 0.165. The Hall–Kier alpha value is -7.04. The molecule has 0 spiro atoms. The van der Waals surface area contributed by atoms with Crippen LogP contribution in [0, 0.1) is 0 Å². The van der Waals surface area contributed by atoms with Crippen LogP contribution in [0.5, 0.6) is 5.75 Å². The molecule has 1 N–H and O–H groups in total. The fraction of sp³-hybridized carbons (Fsp3) is 0.262. The third-order valence-corrected chi connectivity index (χ3v) is 13.7. The molecule has 7 aromatic carbocycles. The molecule has 2 aromatic heterocycles. The van der Waals surface area contributed by atoms with Crippen LogP contribution in [0.25, 0.3) is 78.2 Å². The molecule has 4 heteroatoms. The highest BCUT2D eigenvalue weighted by molar-refractivity contribution is 5.96. The average Bonchev–Trinajstić information content (AvgIpc) is 3.68. The van der Waals surface area contributed by atoms with Crippen LogP contribution in [-0.2, 0) is 28.2 Å². The molecule has 4 nitrogen and oxygen atoms in total. The summed E-state index contributed by atoms with van der Waals surface area (Å²) in [4.78, 5) is 10.7. The Morgan fingerprint density at radius 1 is 0.420 bits per heavy atom.